The Kier molecular flexibility index (Phi) is 8.44. The molecule has 0 fully saturated rings. The third kappa shape index (κ3) is 4.39. The number of aromatic nitrogens is 1. The summed E-state index contributed by atoms with van der Waals surface area (Å²) in [4.78, 5) is 14.1. The summed E-state index contributed by atoms with van der Waals surface area (Å²) in [6.07, 6.45) is 6.96. The molecule has 0 aromatic carbocycles. The maximum atomic E-state index is 11.8. The molecule has 0 aliphatic rings. The molecule has 1 rings (SSSR count). The number of hydrogen-bond acceptors (Lipinski definition) is 3. The second-order valence-electron chi connectivity index (χ2n) is 3.56. The van der Waals surface area contributed by atoms with E-state index in [0.29, 0.717) is 5.35 Å². The van der Waals surface area contributed by atoms with Gasteiger partial charge in [0.1, 0.15) is 6.54 Å². The van der Waals surface area contributed by atoms with Crippen molar-refractivity contribution in [2.24, 2.45) is 0 Å². The highest BCUT2D eigenvalue weighted by Gasteiger charge is 2.09. The summed E-state index contributed by atoms with van der Waals surface area (Å²) in [5.41, 5.74) is 0.778. The Morgan fingerprint density at radius 2 is 2.25 bits per heavy atom. The number of allylic oxidation sites excluding steroid dienone is 1. The Hall–Kier alpha value is -2.35. The van der Waals surface area contributed by atoms with Gasteiger partial charge >= 0.3 is 5.97 Å². The van der Waals surface area contributed by atoms with Crippen molar-refractivity contribution in [2.45, 2.75) is 33.7 Å². The van der Waals surface area contributed by atoms with Crippen molar-refractivity contribution in [3.05, 3.63) is 35.0 Å². The zero-order chi connectivity index (χ0) is 15.5. The number of carbonyl (C=O) groups excluding carboxylic acids is 1. The third-order valence-electron chi connectivity index (χ3n) is 2.46. The number of carbonyl (C=O) groups is 1. The molecule has 20 heavy (non-hydrogen) atoms. The molecule has 0 aliphatic heterocycles. The van der Waals surface area contributed by atoms with E-state index in [1.165, 1.54) is 4.57 Å². The van der Waals surface area contributed by atoms with Crippen molar-refractivity contribution in [1.29, 1.82) is 5.26 Å². The Balaban J connectivity index is 0.00000172. The van der Waals surface area contributed by atoms with Gasteiger partial charge in [-0.2, -0.15) is 5.26 Å². The lowest BCUT2D eigenvalue weighted by molar-refractivity contribution is -0.184. The minimum absolute atomic E-state index is 0.218. The molecule has 0 N–H and O–H groups in total. The molecular weight excluding hydrogens is 259 g/mol. The van der Waals surface area contributed by atoms with Crippen LogP contribution < -0.4 is 10.6 Å². The molecule has 1 aromatic rings. The third-order valence-corrected chi connectivity index (χ3v) is 2.46. The van der Waals surface area contributed by atoms with Crippen LogP contribution in [0.2, 0.25) is 0 Å². The van der Waals surface area contributed by atoms with E-state index in [1.807, 2.05) is 32.9 Å². The van der Waals surface area contributed by atoms with E-state index in [9.17, 15) is 9.32 Å². The second kappa shape index (κ2) is 9.56. The first-order valence-electron chi connectivity index (χ1n) is 6.33. The largest absolute Gasteiger partial charge is 0.368 e. The molecule has 108 valence electrons. The molecule has 0 bridgehead atoms. The molecule has 1 heterocycles. The summed E-state index contributed by atoms with van der Waals surface area (Å²) >= 11 is 0. The summed E-state index contributed by atoms with van der Waals surface area (Å²) in [5, 5.41) is 10.3. The maximum Gasteiger partial charge on any atom is 0.368 e. The van der Waals surface area contributed by atoms with E-state index in [-0.39, 0.29) is 13.0 Å². The Morgan fingerprint density at radius 3 is 2.70 bits per heavy atom. The minimum atomic E-state index is -0.991. The number of halogens is 1. The summed E-state index contributed by atoms with van der Waals surface area (Å²) in [6.45, 7) is 9.17. The van der Waals surface area contributed by atoms with Crippen molar-refractivity contribution in [3.63, 3.8) is 0 Å². The van der Waals surface area contributed by atoms with E-state index < -0.39 is 5.97 Å². The first-order valence-corrected chi connectivity index (χ1v) is 6.33. The highest BCUT2D eigenvalue weighted by atomic mass is 19.3. The van der Waals surface area contributed by atoms with Gasteiger partial charge in [-0.25, -0.2) is 4.79 Å². The fourth-order valence-corrected chi connectivity index (χ4v) is 1.80. The summed E-state index contributed by atoms with van der Waals surface area (Å²) < 4.78 is 13.3. The average Bonchev–Trinajstić information content (AvgIpc) is 2.78. The minimum Gasteiger partial charge on any atom is -0.336 e. The van der Waals surface area contributed by atoms with Crippen LogP contribution in [0.1, 0.15) is 26.3 Å². The molecule has 0 radical (unpaired) electrons. The second-order valence-corrected chi connectivity index (χ2v) is 3.56. The molecule has 1 aromatic heterocycles. The van der Waals surface area contributed by atoms with E-state index >= 15 is 0 Å². The molecule has 4 nitrogen and oxygen atoms in total. The lowest BCUT2D eigenvalue weighted by Gasteiger charge is -1.98. The quantitative estimate of drug-likeness (QED) is 0.843. The van der Waals surface area contributed by atoms with Crippen molar-refractivity contribution >= 4 is 18.1 Å². The van der Waals surface area contributed by atoms with Crippen LogP contribution >= 0.6 is 0 Å². The van der Waals surface area contributed by atoms with Gasteiger partial charge in [0.15, 0.2) is 0 Å². The molecule has 0 spiro atoms. The Labute approximate surface area is 118 Å². The van der Waals surface area contributed by atoms with Gasteiger partial charge in [-0.15, -0.1) is 0 Å². The number of rotatable bonds is 4. The van der Waals surface area contributed by atoms with Crippen LogP contribution in [0.15, 0.2) is 18.9 Å². The van der Waals surface area contributed by atoms with Gasteiger partial charge in [0.05, 0.1) is 12.5 Å². The molecule has 0 aliphatic carbocycles. The molecule has 0 saturated heterocycles. The summed E-state index contributed by atoms with van der Waals surface area (Å²) in [6, 6.07) is 2.05. The lowest BCUT2D eigenvalue weighted by atomic mass is 10.2. The van der Waals surface area contributed by atoms with E-state index in [4.69, 9.17) is 5.26 Å². The molecule has 5 heteroatoms. The smallest absolute Gasteiger partial charge is 0.336 e. The van der Waals surface area contributed by atoms with E-state index in [1.54, 1.807) is 18.3 Å². The van der Waals surface area contributed by atoms with Crippen LogP contribution in [-0.4, -0.2) is 10.5 Å². The fourth-order valence-electron chi connectivity index (χ4n) is 1.80. The highest BCUT2D eigenvalue weighted by molar-refractivity contribution is 5.68. The SMILES string of the molecule is C=C/C=c1\c(=C/C)c(CC#N)cn1CC(=O)OF.CC. The van der Waals surface area contributed by atoms with Gasteiger partial charge < -0.3 is 4.57 Å². The zero-order valence-electron chi connectivity index (χ0n) is 12.0. The standard InChI is InChI=1S/C13H13FN2O2.C2H6/c1-3-5-12-11(4-2)10(6-7-15)8-16(12)9-13(17)18-14;1-2/h3-5,8H,1,6,9H2,2H3;1-2H3/b11-4-,12-5+;. The highest BCUT2D eigenvalue weighted by Crippen LogP contribution is 1.94. The normalized spacial score (nSPS) is 11.3. The van der Waals surface area contributed by atoms with Crippen LogP contribution in [0.5, 0.6) is 0 Å². The van der Waals surface area contributed by atoms with Gasteiger partial charge in [0, 0.05) is 16.1 Å². The predicted octanol–water partition coefficient (Wildman–Crippen LogP) is 1.77. The van der Waals surface area contributed by atoms with Crippen LogP contribution in [0.25, 0.3) is 12.2 Å². The van der Waals surface area contributed by atoms with Crippen molar-refractivity contribution in [1.82, 2.24) is 4.57 Å². The van der Waals surface area contributed by atoms with E-state index in [2.05, 4.69) is 11.5 Å². The van der Waals surface area contributed by atoms with Crippen molar-refractivity contribution in [3.8, 4) is 6.07 Å². The number of nitriles is 1. The Bertz CT molecular complexity index is 609. The zero-order valence-corrected chi connectivity index (χ0v) is 12.0. The lowest BCUT2D eigenvalue weighted by Crippen LogP contribution is -2.31. The van der Waals surface area contributed by atoms with Crippen molar-refractivity contribution < 1.29 is 14.3 Å². The number of nitrogens with zero attached hydrogens (tertiary/aromatic N) is 2. The van der Waals surface area contributed by atoms with Crippen molar-refractivity contribution in [2.75, 3.05) is 0 Å². The molecule has 0 amide bonds. The molecule has 0 atom stereocenters. The van der Waals surface area contributed by atoms with Crippen LogP contribution in [0.3, 0.4) is 0 Å². The first kappa shape index (κ1) is 17.6. The predicted molar refractivity (Wildman–Crippen MR) is 76.3 cm³/mol. The number of hydrogen-bond donors (Lipinski definition) is 0. The maximum absolute atomic E-state index is 11.8. The van der Waals surface area contributed by atoms with Crippen LogP contribution in [-0.2, 0) is 22.7 Å². The topological polar surface area (TPSA) is 55.0 Å². The van der Waals surface area contributed by atoms with Gasteiger partial charge in [0.2, 0.25) is 0 Å². The van der Waals surface area contributed by atoms with E-state index in [0.717, 1.165) is 10.8 Å². The monoisotopic (exact) mass is 278 g/mol. The van der Waals surface area contributed by atoms with Crippen LogP contribution in [0, 0.1) is 11.3 Å². The van der Waals surface area contributed by atoms with Gasteiger partial charge in [-0.3, -0.25) is 4.94 Å². The average molecular weight is 278 g/mol. The molecule has 0 unspecified atom stereocenters. The first-order chi connectivity index (χ1) is 9.67. The van der Waals surface area contributed by atoms with Gasteiger partial charge in [0.25, 0.3) is 0 Å². The van der Waals surface area contributed by atoms with Gasteiger partial charge in [-0.05, 0) is 23.8 Å². The van der Waals surface area contributed by atoms with Gasteiger partial charge in [-0.1, -0.05) is 32.6 Å². The Morgan fingerprint density at radius 1 is 1.60 bits per heavy atom. The summed E-state index contributed by atoms with van der Waals surface area (Å²) in [5.74, 6) is -0.991. The molecule has 0 saturated carbocycles. The summed E-state index contributed by atoms with van der Waals surface area (Å²) in [7, 11) is 0. The molecular formula is C15H19FN2O2. The van der Waals surface area contributed by atoms with Crippen LogP contribution in [0.4, 0.5) is 4.53 Å². The fraction of sp³-hybridized carbons (Fsp3) is 0.333.